The molecule has 0 saturated heterocycles. The zero-order valence-corrected chi connectivity index (χ0v) is 13.0. The van der Waals surface area contributed by atoms with E-state index >= 15 is 0 Å². The molecule has 0 aliphatic heterocycles. The van der Waals surface area contributed by atoms with Gasteiger partial charge in [0, 0.05) is 0 Å². The Morgan fingerprint density at radius 1 is 0.957 bits per heavy atom. The lowest BCUT2D eigenvalue weighted by atomic mass is 10.2. The van der Waals surface area contributed by atoms with Gasteiger partial charge in [0.2, 0.25) is 0 Å². The van der Waals surface area contributed by atoms with Crippen molar-refractivity contribution in [1.29, 1.82) is 0 Å². The number of benzene rings is 2. The number of rotatable bonds is 7. The predicted molar refractivity (Wildman–Crippen MR) is 85.4 cm³/mol. The molecule has 2 nitrogen and oxygen atoms in total. The maximum atomic E-state index is 12.9. The number of hydrogen-bond acceptors (Lipinski definition) is 2. The normalized spacial score (nSPS) is 11.3. The molecule has 0 amide bonds. The number of halogens is 3. The molecule has 0 atom stereocenters. The molecule has 0 bridgehead atoms. The van der Waals surface area contributed by atoms with Gasteiger partial charge in [-0.15, -0.1) is 0 Å². The number of anilines is 1. The van der Waals surface area contributed by atoms with Crippen LogP contribution in [0.25, 0.3) is 0 Å². The molecule has 2 rings (SSSR count). The number of nitrogens with zero attached hydrogens (tertiary/aromatic N) is 1. The first-order valence-corrected chi connectivity index (χ1v) is 7.68. The Kier molecular flexibility index (Phi) is 5.90. The molecular formula is C18H20F3NO. The molecule has 2 aromatic rings. The van der Waals surface area contributed by atoms with Crippen LogP contribution < -0.4 is 9.90 Å². The lowest BCUT2D eigenvalue weighted by molar-refractivity contribution is -0.137. The van der Waals surface area contributed by atoms with Gasteiger partial charge in [-0.3, -0.25) is 0 Å². The van der Waals surface area contributed by atoms with Crippen LogP contribution in [0, 0.1) is 0 Å². The molecule has 0 fully saturated rings. The summed E-state index contributed by atoms with van der Waals surface area (Å²) in [5, 5.41) is 1.53. The average Bonchev–Trinajstić information content (AvgIpc) is 2.54. The Morgan fingerprint density at radius 3 is 2.35 bits per heavy atom. The largest absolute Gasteiger partial charge is 0.416 e. The monoisotopic (exact) mass is 323 g/mol. The molecule has 0 unspecified atom stereocenters. The average molecular weight is 323 g/mol. The second-order valence-electron chi connectivity index (χ2n) is 5.26. The van der Waals surface area contributed by atoms with E-state index in [1.54, 1.807) is 18.2 Å². The lowest BCUT2D eigenvalue weighted by Gasteiger charge is -2.25. The molecule has 0 aromatic heterocycles. The number of hydroxylamine groups is 1. The van der Waals surface area contributed by atoms with Gasteiger partial charge in [-0.05, 0) is 36.8 Å². The molecule has 0 saturated carbocycles. The number of para-hydroxylation sites is 1. The molecule has 2 aromatic carbocycles. The second-order valence-corrected chi connectivity index (χ2v) is 5.26. The summed E-state index contributed by atoms with van der Waals surface area (Å²) in [5.41, 5.74) is -0.271. The summed E-state index contributed by atoms with van der Waals surface area (Å²) in [6.45, 7) is 2.61. The fraction of sp³-hybridized carbons (Fsp3) is 0.333. The highest BCUT2D eigenvalue weighted by atomic mass is 19.4. The quantitative estimate of drug-likeness (QED) is 0.479. The van der Waals surface area contributed by atoms with Crippen LogP contribution in [0.4, 0.5) is 18.9 Å². The van der Waals surface area contributed by atoms with Crippen molar-refractivity contribution in [1.82, 2.24) is 0 Å². The van der Waals surface area contributed by atoms with Crippen molar-refractivity contribution in [2.24, 2.45) is 0 Å². The van der Waals surface area contributed by atoms with Crippen molar-refractivity contribution >= 4 is 5.69 Å². The minimum absolute atomic E-state index is 0.403. The molecule has 0 N–H and O–H groups in total. The van der Waals surface area contributed by atoms with Crippen LogP contribution in [0.3, 0.4) is 0 Å². The summed E-state index contributed by atoms with van der Waals surface area (Å²) in [7, 11) is 0. The smallest absolute Gasteiger partial charge is 0.380 e. The molecule has 124 valence electrons. The number of hydrogen-bond donors (Lipinski definition) is 0. The van der Waals surface area contributed by atoms with E-state index in [1.165, 1.54) is 11.1 Å². The number of alkyl halides is 3. The fourth-order valence-electron chi connectivity index (χ4n) is 2.18. The van der Waals surface area contributed by atoms with Gasteiger partial charge in [-0.25, -0.2) is 5.06 Å². The zero-order valence-electron chi connectivity index (χ0n) is 13.0. The van der Waals surface area contributed by atoms with E-state index in [-0.39, 0.29) is 0 Å². The van der Waals surface area contributed by atoms with Crippen LogP contribution in [-0.4, -0.2) is 6.54 Å². The minimum Gasteiger partial charge on any atom is -0.380 e. The molecular weight excluding hydrogens is 303 g/mol. The van der Waals surface area contributed by atoms with Crippen molar-refractivity contribution in [2.45, 2.75) is 32.4 Å². The van der Waals surface area contributed by atoms with Crippen LogP contribution in [0.1, 0.15) is 31.7 Å². The molecule has 5 heteroatoms. The van der Waals surface area contributed by atoms with E-state index in [4.69, 9.17) is 4.84 Å². The van der Waals surface area contributed by atoms with E-state index in [9.17, 15) is 13.2 Å². The van der Waals surface area contributed by atoms with Crippen molar-refractivity contribution < 1.29 is 18.0 Å². The van der Waals surface area contributed by atoms with Crippen molar-refractivity contribution in [3.8, 4) is 5.75 Å². The first kappa shape index (κ1) is 17.2. The maximum Gasteiger partial charge on any atom is 0.416 e. The van der Waals surface area contributed by atoms with Gasteiger partial charge in [0.05, 0.1) is 17.8 Å². The van der Waals surface area contributed by atoms with Gasteiger partial charge < -0.3 is 4.84 Å². The van der Waals surface area contributed by atoms with Gasteiger partial charge in [0.15, 0.2) is 5.75 Å². The molecule has 0 aliphatic carbocycles. The molecule has 0 spiro atoms. The maximum absolute atomic E-state index is 12.9. The Labute approximate surface area is 134 Å². The van der Waals surface area contributed by atoms with Gasteiger partial charge in [0.25, 0.3) is 0 Å². The fourth-order valence-corrected chi connectivity index (χ4v) is 2.18. The molecule has 0 heterocycles. The Balaban J connectivity index is 2.22. The van der Waals surface area contributed by atoms with Crippen molar-refractivity contribution in [3.63, 3.8) is 0 Å². The van der Waals surface area contributed by atoms with Crippen molar-refractivity contribution in [3.05, 3.63) is 60.2 Å². The number of unbranched alkanes of at least 4 members (excludes halogenated alkanes) is 2. The van der Waals surface area contributed by atoms with Crippen molar-refractivity contribution in [2.75, 3.05) is 11.6 Å². The first-order valence-electron chi connectivity index (χ1n) is 7.68. The molecule has 0 radical (unpaired) electrons. The van der Waals surface area contributed by atoms with E-state index in [2.05, 4.69) is 6.92 Å². The van der Waals surface area contributed by atoms with Crippen LogP contribution in [0.2, 0.25) is 0 Å². The highest BCUT2D eigenvalue weighted by molar-refractivity contribution is 5.48. The van der Waals surface area contributed by atoms with Gasteiger partial charge in [-0.2, -0.15) is 13.2 Å². The predicted octanol–water partition coefficient (Wildman–Crippen LogP) is 5.70. The highest BCUT2D eigenvalue weighted by Crippen LogP contribution is 2.32. The SMILES string of the molecule is CCCCCN(Oc1ccccc1)c1cccc(C(F)(F)F)c1. The summed E-state index contributed by atoms with van der Waals surface area (Å²) >= 11 is 0. The molecule has 0 aliphatic rings. The Bertz CT molecular complexity index is 599. The van der Waals surface area contributed by atoms with Crippen LogP contribution in [-0.2, 0) is 6.18 Å². The summed E-state index contributed by atoms with van der Waals surface area (Å²) in [5.74, 6) is 0.599. The van der Waals surface area contributed by atoms with Crippen LogP contribution in [0.15, 0.2) is 54.6 Å². The molecule has 23 heavy (non-hydrogen) atoms. The zero-order chi connectivity index (χ0) is 16.7. The van der Waals surface area contributed by atoms with Crippen LogP contribution >= 0.6 is 0 Å². The third-order valence-corrected chi connectivity index (χ3v) is 3.39. The Hall–Kier alpha value is -2.17. The Morgan fingerprint density at radius 2 is 1.70 bits per heavy atom. The van der Waals surface area contributed by atoms with Gasteiger partial charge in [-0.1, -0.05) is 44.0 Å². The summed E-state index contributed by atoms with van der Waals surface area (Å²) in [6, 6.07) is 14.3. The summed E-state index contributed by atoms with van der Waals surface area (Å²) in [6.07, 6.45) is -1.49. The summed E-state index contributed by atoms with van der Waals surface area (Å²) < 4.78 is 38.7. The topological polar surface area (TPSA) is 12.5 Å². The van der Waals surface area contributed by atoms with E-state index in [0.29, 0.717) is 18.0 Å². The van der Waals surface area contributed by atoms with Gasteiger partial charge in [0.1, 0.15) is 0 Å². The summed E-state index contributed by atoms with van der Waals surface area (Å²) in [4.78, 5) is 5.78. The van der Waals surface area contributed by atoms with E-state index < -0.39 is 11.7 Å². The lowest BCUT2D eigenvalue weighted by Crippen LogP contribution is -2.28. The minimum atomic E-state index is -4.36. The first-order chi connectivity index (χ1) is 11.0. The van der Waals surface area contributed by atoms with E-state index in [1.807, 2.05) is 18.2 Å². The second kappa shape index (κ2) is 7.90. The van der Waals surface area contributed by atoms with Gasteiger partial charge >= 0.3 is 6.18 Å². The van der Waals surface area contributed by atoms with E-state index in [0.717, 1.165) is 31.4 Å². The third kappa shape index (κ3) is 5.20. The highest BCUT2D eigenvalue weighted by Gasteiger charge is 2.31. The third-order valence-electron chi connectivity index (χ3n) is 3.39. The standard InChI is InChI=1S/C18H20F3NO/c1-2-3-7-13-22(23-17-11-5-4-6-12-17)16-10-8-9-15(14-16)18(19,20)21/h4-6,8-12,14H,2-3,7,13H2,1H3. The van der Waals surface area contributed by atoms with Crippen LogP contribution in [0.5, 0.6) is 5.75 Å².